The van der Waals surface area contributed by atoms with Gasteiger partial charge in [0.25, 0.3) is 0 Å². The SMILES string of the molecule is CC1(C(=O)O)CCC2(C)CCC3(C)C(=CC(=O)C4C5(C)CCC(O)C(C)(C)C5CCC43C)C2C1.COc1ccc(CC(=O)c2ccc(O)cc2O)cc1. The van der Waals surface area contributed by atoms with Gasteiger partial charge in [0.15, 0.2) is 11.6 Å². The number of aliphatic hydroxyl groups excluding tert-OH is 1. The van der Waals surface area contributed by atoms with Gasteiger partial charge >= 0.3 is 5.97 Å². The predicted octanol–water partition coefficient (Wildman–Crippen LogP) is 8.94. The molecule has 288 valence electrons. The molecule has 5 aliphatic carbocycles. The second-order valence-electron chi connectivity index (χ2n) is 19.1. The molecule has 0 saturated heterocycles. The molecule has 2 aromatic rings. The van der Waals surface area contributed by atoms with E-state index in [0.29, 0.717) is 12.3 Å². The number of Topliss-reactive ketones (excluding diaryl/α,β-unsaturated/α-hetero) is 1. The van der Waals surface area contributed by atoms with Crippen LogP contribution in [0.4, 0.5) is 0 Å². The van der Waals surface area contributed by atoms with Gasteiger partial charge in [0.05, 0.1) is 24.2 Å². The number of carbonyl (C=O) groups is 3. The summed E-state index contributed by atoms with van der Waals surface area (Å²) in [6.45, 7) is 15.8. The van der Waals surface area contributed by atoms with E-state index in [0.717, 1.165) is 68.7 Å². The van der Waals surface area contributed by atoms with Crippen LogP contribution in [-0.2, 0) is 16.0 Å². The van der Waals surface area contributed by atoms with Crippen LogP contribution in [0.2, 0.25) is 0 Å². The number of fused-ring (bicyclic) bond motifs is 7. The summed E-state index contributed by atoms with van der Waals surface area (Å²) < 4.78 is 5.04. The smallest absolute Gasteiger partial charge is 0.309 e. The van der Waals surface area contributed by atoms with Crippen molar-refractivity contribution in [2.24, 2.45) is 50.2 Å². The lowest BCUT2D eigenvalue weighted by Gasteiger charge is -2.70. The van der Waals surface area contributed by atoms with Gasteiger partial charge in [-0.05, 0) is 140 Å². The van der Waals surface area contributed by atoms with Gasteiger partial charge in [-0.15, -0.1) is 0 Å². The number of phenolic OH excluding ortho intramolecular Hbond substituents is 2. The van der Waals surface area contributed by atoms with Gasteiger partial charge < -0.3 is 25.2 Å². The third-order valence-electron chi connectivity index (χ3n) is 15.9. The number of benzene rings is 2. The Bertz CT molecular complexity index is 1810. The minimum absolute atomic E-state index is 0.0296. The van der Waals surface area contributed by atoms with Crippen LogP contribution in [0, 0.1) is 50.2 Å². The lowest BCUT2D eigenvalue weighted by atomic mass is 9.33. The molecule has 0 bridgehead atoms. The van der Waals surface area contributed by atoms with Gasteiger partial charge in [-0.25, -0.2) is 0 Å². The summed E-state index contributed by atoms with van der Waals surface area (Å²) in [6, 6.07) is 11.1. The molecule has 4 saturated carbocycles. The van der Waals surface area contributed by atoms with Crippen LogP contribution in [0.25, 0.3) is 0 Å². The number of carbonyl (C=O) groups excluding carboxylic acids is 2. The fraction of sp³-hybridized carbons (Fsp3) is 0.622. The quantitative estimate of drug-likeness (QED) is 0.224. The number of hydrogen-bond donors (Lipinski definition) is 4. The van der Waals surface area contributed by atoms with E-state index in [9.17, 15) is 34.8 Å². The summed E-state index contributed by atoms with van der Waals surface area (Å²) in [4.78, 5) is 38.5. The molecule has 0 radical (unpaired) electrons. The maximum absolute atomic E-state index is 14.2. The largest absolute Gasteiger partial charge is 0.508 e. The highest BCUT2D eigenvalue weighted by molar-refractivity contribution is 6.00. The number of carboxylic acids is 1. The molecule has 7 rings (SSSR count). The Morgan fingerprint density at radius 3 is 2.13 bits per heavy atom. The van der Waals surface area contributed by atoms with E-state index in [1.165, 1.54) is 17.7 Å². The van der Waals surface area contributed by atoms with Crippen molar-refractivity contribution in [2.45, 2.75) is 119 Å². The molecule has 0 heterocycles. The molecule has 0 aliphatic heterocycles. The van der Waals surface area contributed by atoms with E-state index in [1.54, 1.807) is 31.4 Å². The van der Waals surface area contributed by atoms with Gasteiger partial charge in [0.1, 0.15) is 17.2 Å². The van der Waals surface area contributed by atoms with Crippen molar-refractivity contribution >= 4 is 17.5 Å². The second-order valence-corrected chi connectivity index (χ2v) is 19.1. The zero-order chi connectivity index (χ0) is 38.9. The van der Waals surface area contributed by atoms with Gasteiger partial charge in [0, 0.05) is 18.4 Å². The lowest BCUT2D eigenvalue weighted by molar-refractivity contribution is -0.202. The van der Waals surface area contributed by atoms with Gasteiger partial charge in [-0.3, -0.25) is 14.4 Å². The summed E-state index contributed by atoms with van der Waals surface area (Å²) >= 11 is 0. The highest BCUT2D eigenvalue weighted by Crippen LogP contribution is 2.75. The number of phenols is 2. The van der Waals surface area contributed by atoms with Crippen LogP contribution in [0.1, 0.15) is 122 Å². The van der Waals surface area contributed by atoms with Crippen molar-refractivity contribution in [3.05, 3.63) is 65.2 Å². The lowest BCUT2D eigenvalue weighted by Crippen LogP contribution is -2.66. The number of methoxy groups -OCH3 is 1. The molecular weight excluding hydrogens is 668 g/mol. The normalized spacial score (nSPS) is 38.4. The standard InChI is InChI=1S/C30H46O4.C15H14O4/c1-25(2)21-8-11-30(7)23(28(21,5)10-9-22(25)32)20(31)16-18-19-17-27(4,24(33)34)13-12-26(19,3)14-15-29(18,30)6;1-19-12-5-2-10(3-6-12)8-14(17)13-7-4-11(16)9-15(13)18/h16,19,21-23,32H,8-15,17H2,1-7H3,(H,33,34);2-7,9,16,18H,8H2,1H3. The summed E-state index contributed by atoms with van der Waals surface area (Å²) in [5, 5.41) is 39.7. The van der Waals surface area contributed by atoms with Gasteiger partial charge in [0.2, 0.25) is 0 Å². The Morgan fingerprint density at radius 2 is 1.51 bits per heavy atom. The predicted molar refractivity (Wildman–Crippen MR) is 204 cm³/mol. The molecule has 9 unspecified atom stereocenters. The van der Waals surface area contributed by atoms with Crippen molar-refractivity contribution < 1.29 is 39.5 Å². The monoisotopic (exact) mass is 728 g/mol. The first-order valence-corrected chi connectivity index (χ1v) is 19.5. The highest BCUT2D eigenvalue weighted by atomic mass is 16.5. The number of ether oxygens (including phenoxy) is 1. The molecule has 4 fully saturated rings. The van der Waals surface area contributed by atoms with E-state index in [1.807, 2.05) is 13.0 Å². The molecule has 8 heteroatoms. The zero-order valence-electron chi connectivity index (χ0n) is 32.9. The van der Waals surface area contributed by atoms with Crippen LogP contribution >= 0.6 is 0 Å². The van der Waals surface area contributed by atoms with E-state index >= 15 is 0 Å². The van der Waals surface area contributed by atoms with Gasteiger partial charge in [-0.2, -0.15) is 0 Å². The number of carboxylic acid groups (broad SMARTS) is 1. The van der Waals surface area contributed by atoms with Crippen LogP contribution in [0.5, 0.6) is 17.2 Å². The van der Waals surface area contributed by atoms with E-state index in [2.05, 4.69) is 41.5 Å². The number of rotatable bonds is 5. The fourth-order valence-corrected chi connectivity index (χ4v) is 12.1. The molecule has 4 N–H and O–H groups in total. The third-order valence-corrected chi connectivity index (χ3v) is 15.9. The third kappa shape index (κ3) is 6.21. The molecule has 53 heavy (non-hydrogen) atoms. The molecule has 0 spiro atoms. The van der Waals surface area contributed by atoms with Crippen molar-refractivity contribution in [1.82, 2.24) is 0 Å². The maximum Gasteiger partial charge on any atom is 0.309 e. The van der Waals surface area contributed by atoms with Crippen molar-refractivity contribution in [1.29, 1.82) is 0 Å². The van der Waals surface area contributed by atoms with Crippen LogP contribution in [0.15, 0.2) is 54.1 Å². The molecule has 2 aromatic carbocycles. The number of aliphatic hydroxyl groups is 1. The zero-order valence-corrected chi connectivity index (χ0v) is 32.9. The Morgan fingerprint density at radius 1 is 0.849 bits per heavy atom. The topological polar surface area (TPSA) is 141 Å². The molecule has 5 aliphatic rings. The first kappa shape index (κ1) is 39.1. The Kier molecular flexibility index (Phi) is 9.79. The van der Waals surface area contributed by atoms with Gasteiger partial charge in [-0.1, -0.05) is 59.2 Å². The maximum atomic E-state index is 14.2. The van der Waals surface area contributed by atoms with Crippen LogP contribution in [-0.4, -0.2) is 51.2 Å². The Labute approximate surface area is 315 Å². The minimum atomic E-state index is -0.711. The molecular formula is C45H60O8. The summed E-state index contributed by atoms with van der Waals surface area (Å²) in [5.74, 6) is 0.299. The molecule has 0 aromatic heterocycles. The minimum Gasteiger partial charge on any atom is -0.508 e. The highest BCUT2D eigenvalue weighted by Gasteiger charge is 2.70. The summed E-state index contributed by atoms with van der Waals surface area (Å²) in [7, 11) is 1.58. The average molecular weight is 729 g/mol. The first-order chi connectivity index (χ1) is 24.6. The number of allylic oxidation sites excluding steroid dienone is 2. The second kappa shape index (κ2) is 13.3. The van der Waals surface area contributed by atoms with Crippen LogP contribution < -0.4 is 4.74 Å². The number of aliphatic carboxylic acids is 1. The van der Waals surface area contributed by atoms with E-state index in [-0.39, 0.29) is 80.1 Å². The van der Waals surface area contributed by atoms with E-state index < -0.39 is 11.4 Å². The number of aromatic hydroxyl groups is 2. The fourth-order valence-electron chi connectivity index (χ4n) is 12.1. The molecule has 9 atom stereocenters. The molecule has 8 nitrogen and oxygen atoms in total. The van der Waals surface area contributed by atoms with Crippen molar-refractivity contribution in [3.8, 4) is 17.2 Å². The Hall–Kier alpha value is -3.65. The summed E-state index contributed by atoms with van der Waals surface area (Å²) in [6.07, 6.45) is 10.1. The molecule has 0 amide bonds. The Balaban J connectivity index is 0.000000214. The number of hydrogen-bond acceptors (Lipinski definition) is 7. The van der Waals surface area contributed by atoms with Crippen LogP contribution in [0.3, 0.4) is 0 Å². The summed E-state index contributed by atoms with van der Waals surface area (Å²) in [5.41, 5.74) is 1.18. The number of ketones is 2. The van der Waals surface area contributed by atoms with Crippen molar-refractivity contribution in [3.63, 3.8) is 0 Å². The first-order valence-electron chi connectivity index (χ1n) is 19.5. The van der Waals surface area contributed by atoms with Crippen molar-refractivity contribution in [2.75, 3.05) is 7.11 Å². The average Bonchev–Trinajstić information content (AvgIpc) is 3.09. The van der Waals surface area contributed by atoms with E-state index in [4.69, 9.17) is 4.74 Å².